The highest BCUT2D eigenvalue weighted by Gasteiger charge is 2.24. The standard InChI is InChI=1S/C17H20O3/c1-11(18)8-13-7-6-12-9-14(19-5)10-15(16(12)20-13)17(2,3)4/h6-10H,1-5H3/b13-8+. The molecule has 0 fully saturated rings. The van der Waals surface area contributed by atoms with Crippen molar-refractivity contribution in [2.24, 2.45) is 0 Å². The summed E-state index contributed by atoms with van der Waals surface area (Å²) in [6, 6.07) is 3.93. The van der Waals surface area contributed by atoms with Crippen LogP contribution in [0, 0.1) is 0 Å². The second-order valence-corrected chi connectivity index (χ2v) is 5.94. The maximum absolute atomic E-state index is 11.2. The summed E-state index contributed by atoms with van der Waals surface area (Å²) in [5.74, 6) is 2.15. The first-order chi connectivity index (χ1) is 9.31. The molecule has 0 atom stereocenters. The Labute approximate surface area is 119 Å². The lowest BCUT2D eigenvalue weighted by Crippen LogP contribution is -2.15. The quantitative estimate of drug-likeness (QED) is 0.767. The molecule has 0 bridgehead atoms. The van der Waals surface area contributed by atoms with Gasteiger partial charge in [0.2, 0.25) is 0 Å². The fourth-order valence-electron chi connectivity index (χ4n) is 2.14. The summed E-state index contributed by atoms with van der Waals surface area (Å²) in [4.78, 5) is 11.2. The predicted molar refractivity (Wildman–Crippen MR) is 80.1 cm³/mol. The summed E-state index contributed by atoms with van der Waals surface area (Å²) in [7, 11) is 1.66. The summed E-state index contributed by atoms with van der Waals surface area (Å²) >= 11 is 0. The van der Waals surface area contributed by atoms with Gasteiger partial charge in [-0.1, -0.05) is 20.8 Å². The van der Waals surface area contributed by atoms with Gasteiger partial charge in [0.05, 0.1) is 7.11 Å². The Bertz CT molecular complexity index is 601. The number of carbonyl (C=O) groups excluding carboxylic acids is 1. The zero-order chi connectivity index (χ0) is 14.9. The second-order valence-electron chi connectivity index (χ2n) is 5.94. The topological polar surface area (TPSA) is 35.5 Å². The van der Waals surface area contributed by atoms with E-state index in [2.05, 4.69) is 20.8 Å². The van der Waals surface area contributed by atoms with E-state index in [-0.39, 0.29) is 11.2 Å². The minimum Gasteiger partial charge on any atom is -0.497 e. The molecule has 0 unspecified atom stereocenters. The molecular formula is C17H20O3. The van der Waals surface area contributed by atoms with Crippen molar-refractivity contribution in [3.8, 4) is 11.5 Å². The molecular weight excluding hydrogens is 252 g/mol. The third-order valence-corrected chi connectivity index (χ3v) is 3.13. The zero-order valence-corrected chi connectivity index (χ0v) is 12.6. The second kappa shape index (κ2) is 5.16. The van der Waals surface area contributed by atoms with Gasteiger partial charge in [0.25, 0.3) is 0 Å². The smallest absolute Gasteiger partial charge is 0.156 e. The Balaban J connectivity index is 2.57. The van der Waals surface area contributed by atoms with E-state index in [0.717, 1.165) is 22.6 Å². The Kier molecular flexibility index (Phi) is 3.71. The van der Waals surface area contributed by atoms with Crippen LogP contribution >= 0.6 is 0 Å². The molecule has 0 aromatic heterocycles. The van der Waals surface area contributed by atoms with E-state index in [1.54, 1.807) is 13.2 Å². The van der Waals surface area contributed by atoms with Crippen LogP contribution in [0.3, 0.4) is 0 Å². The highest BCUT2D eigenvalue weighted by atomic mass is 16.5. The Morgan fingerprint density at radius 3 is 2.50 bits per heavy atom. The van der Waals surface area contributed by atoms with Gasteiger partial charge in [0, 0.05) is 17.2 Å². The van der Waals surface area contributed by atoms with E-state index in [1.165, 1.54) is 13.0 Å². The van der Waals surface area contributed by atoms with Gasteiger partial charge in [-0.2, -0.15) is 0 Å². The fraction of sp³-hybridized carbons (Fsp3) is 0.353. The molecule has 0 aliphatic carbocycles. The number of fused-ring (bicyclic) bond motifs is 1. The SMILES string of the molecule is COc1cc2c(c(C(C)(C)C)c1)O/C(=C/C(C)=O)C=C2. The van der Waals surface area contributed by atoms with Crippen molar-refractivity contribution in [3.05, 3.63) is 41.2 Å². The highest BCUT2D eigenvalue weighted by Crippen LogP contribution is 2.41. The number of carbonyl (C=O) groups is 1. The first-order valence-corrected chi connectivity index (χ1v) is 6.62. The first kappa shape index (κ1) is 14.4. The Hall–Kier alpha value is -2.03. The first-order valence-electron chi connectivity index (χ1n) is 6.62. The summed E-state index contributed by atoms with van der Waals surface area (Å²) in [5.41, 5.74) is 1.95. The molecule has 0 N–H and O–H groups in total. The van der Waals surface area contributed by atoms with Gasteiger partial charge in [-0.05, 0) is 36.6 Å². The van der Waals surface area contributed by atoms with Crippen molar-refractivity contribution in [3.63, 3.8) is 0 Å². The predicted octanol–water partition coefficient (Wildman–Crippen LogP) is 3.87. The van der Waals surface area contributed by atoms with Crippen molar-refractivity contribution in [2.45, 2.75) is 33.1 Å². The average molecular weight is 272 g/mol. The van der Waals surface area contributed by atoms with Crippen molar-refractivity contribution in [2.75, 3.05) is 7.11 Å². The average Bonchev–Trinajstić information content (AvgIpc) is 2.35. The largest absolute Gasteiger partial charge is 0.497 e. The number of hydrogen-bond acceptors (Lipinski definition) is 3. The van der Waals surface area contributed by atoms with Gasteiger partial charge in [-0.25, -0.2) is 0 Å². The van der Waals surface area contributed by atoms with Gasteiger partial charge in [0.15, 0.2) is 5.78 Å². The van der Waals surface area contributed by atoms with Crippen LogP contribution in [-0.4, -0.2) is 12.9 Å². The Morgan fingerprint density at radius 2 is 1.95 bits per heavy atom. The summed E-state index contributed by atoms with van der Waals surface area (Å²) < 4.78 is 11.2. The molecule has 1 aliphatic heterocycles. The molecule has 1 aliphatic rings. The normalized spacial score (nSPS) is 15.8. The number of rotatable bonds is 2. The van der Waals surface area contributed by atoms with E-state index >= 15 is 0 Å². The van der Waals surface area contributed by atoms with Crippen LogP contribution in [0.2, 0.25) is 0 Å². The lowest BCUT2D eigenvalue weighted by Gasteiger charge is -2.26. The molecule has 1 heterocycles. The third kappa shape index (κ3) is 2.93. The summed E-state index contributed by atoms with van der Waals surface area (Å²) in [6.45, 7) is 7.88. The molecule has 0 radical (unpaired) electrons. The van der Waals surface area contributed by atoms with Crippen LogP contribution < -0.4 is 9.47 Å². The minimum atomic E-state index is -0.0782. The van der Waals surface area contributed by atoms with E-state index in [1.807, 2.05) is 18.2 Å². The molecule has 0 amide bonds. The molecule has 0 spiro atoms. The van der Waals surface area contributed by atoms with Gasteiger partial charge in [0.1, 0.15) is 17.3 Å². The molecule has 3 nitrogen and oxygen atoms in total. The number of ketones is 1. The van der Waals surface area contributed by atoms with Crippen LogP contribution in [0.1, 0.15) is 38.8 Å². The lowest BCUT2D eigenvalue weighted by molar-refractivity contribution is -0.112. The number of ether oxygens (including phenoxy) is 2. The zero-order valence-electron chi connectivity index (χ0n) is 12.6. The fourth-order valence-corrected chi connectivity index (χ4v) is 2.14. The van der Waals surface area contributed by atoms with Crippen molar-refractivity contribution in [1.82, 2.24) is 0 Å². The highest BCUT2D eigenvalue weighted by molar-refractivity contribution is 5.88. The Morgan fingerprint density at radius 1 is 1.25 bits per heavy atom. The van der Waals surface area contributed by atoms with Crippen LogP contribution in [-0.2, 0) is 10.2 Å². The van der Waals surface area contributed by atoms with Crippen molar-refractivity contribution >= 4 is 11.9 Å². The van der Waals surface area contributed by atoms with E-state index in [0.29, 0.717) is 5.76 Å². The molecule has 1 aromatic carbocycles. The number of benzene rings is 1. The van der Waals surface area contributed by atoms with E-state index in [9.17, 15) is 4.79 Å². The van der Waals surface area contributed by atoms with Crippen molar-refractivity contribution in [1.29, 1.82) is 0 Å². The minimum absolute atomic E-state index is 0.0288. The van der Waals surface area contributed by atoms with E-state index in [4.69, 9.17) is 9.47 Å². The monoisotopic (exact) mass is 272 g/mol. The molecule has 106 valence electrons. The molecule has 0 saturated heterocycles. The van der Waals surface area contributed by atoms with Gasteiger partial charge in [-0.3, -0.25) is 4.79 Å². The molecule has 0 saturated carbocycles. The van der Waals surface area contributed by atoms with Crippen LogP contribution in [0.4, 0.5) is 0 Å². The molecule has 20 heavy (non-hydrogen) atoms. The van der Waals surface area contributed by atoms with Gasteiger partial charge < -0.3 is 9.47 Å². The maximum Gasteiger partial charge on any atom is 0.156 e. The summed E-state index contributed by atoms with van der Waals surface area (Å²) in [5, 5.41) is 0. The van der Waals surface area contributed by atoms with Crippen LogP contribution in [0.5, 0.6) is 11.5 Å². The van der Waals surface area contributed by atoms with Crippen LogP contribution in [0.25, 0.3) is 6.08 Å². The molecule has 3 heteroatoms. The van der Waals surface area contributed by atoms with E-state index < -0.39 is 0 Å². The number of hydrogen-bond donors (Lipinski definition) is 0. The van der Waals surface area contributed by atoms with Crippen molar-refractivity contribution < 1.29 is 14.3 Å². The van der Waals surface area contributed by atoms with Crippen LogP contribution in [0.15, 0.2) is 30.0 Å². The maximum atomic E-state index is 11.2. The van der Waals surface area contributed by atoms with Gasteiger partial charge in [-0.15, -0.1) is 0 Å². The lowest BCUT2D eigenvalue weighted by atomic mass is 9.84. The number of methoxy groups -OCH3 is 1. The van der Waals surface area contributed by atoms with Gasteiger partial charge >= 0.3 is 0 Å². The summed E-state index contributed by atoms with van der Waals surface area (Å²) in [6.07, 6.45) is 5.25. The third-order valence-electron chi connectivity index (χ3n) is 3.13. The molecule has 1 aromatic rings. The molecule has 2 rings (SSSR count). The number of allylic oxidation sites excluding steroid dienone is 2.